The lowest BCUT2D eigenvalue weighted by atomic mass is 10.0. The molecule has 192 valence electrons. The number of anilines is 1. The van der Waals surface area contributed by atoms with Crippen LogP contribution in [0.1, 0.15) is 47.7 Å². The number of pyridine rings is 1. The first-order valence-electron chi connectivity index (χ1n) is 11.4. The van der Waals surface area contributed by atoms with Gasteiger partial charge in [0.05, 0.1) is 40.7 Å². The van der Waals surface area contributed by atoms with E-state index in [4.69, 9.17) is 4.74 Å². The summed E-state index contributed by atoms with van der Waals surface area (Å²) in [6.07, 6.45) is 0.405. The van der Waals surface area contributed by atoms with Gasteiger partial charge >= 0.3 is 6.03 Å². The van der Waals surface area contributed by atoms with Crippen molar-refractivity contribution in [2.24, 2.45) is 0 Å². The zero-order valence-electron chi connectivity index (χ0n) is 20.2. The van der Waals surface area contributed by atoms with E-state index in [-0.39, 0.29) is 42.8 Å². The molecule has 5 rings (SSSR count). The summed E-state index contributed by atoms with van der Waals surface area (Å²) in [6, 6.07) is 4.61. The quantitative estimate of drug-likeness (QED) is 0.434. The molecule has 0 aliphatic carbocycles. The van der Waals surface area contributed by atoms with E-state index >= 15 is 0 Å². The normalized spacial score (nSPS) is 17.6. The largest absolute Gasteiger partial charge is 0.494 e. The first-order valence-corrected chi connectivity index (χ1v) is 12.3. The zero-order valence-corrected chi connectivity index (χ0v) is 21.0. The molecule has 1 saturated heterocycles. The van der Waals surface area contributed by atoms with Crippen LogP contribution in [-0.2, 0) is 21.7 Å². The number of fused-ring (bicyclic) bond motifs is 2. The average molecular weight is 527 g/mol. The first-order chi connectivity index (χ1) is 17.6. The third-order valence-corrected chi connectivity index (χ3v) is 7.58. The number of amides is 5. The van der Waals surface area contributed by atoms with Crippen LogP contribution in [0.25, 0.3) is 10.2 Å². The molecule has 4 heterocycles. The van der Waals surface area contributed by atoms with Gasteiger partial charge in [-0.05, 0) is 32.4 Å². The van der Waals surface area contributed by atoms with Gasteiger partial charge in [-0.15, -0.1) is 11.3 Å². The van der Waals surface area contributed by atoms with Crippen molar-refractivity contribution >= 4 is 51.1 Å². The van der Waals surface area contributed by atoms with Crippen molar-refractivity contribution in [2.75, 3.05) is 12.4 Å². The third-order valence-electron chi connectivity index (χ3n) is 6.24. The first kappa shape index (κ1) is 24.6. The van der Waals surface area contributed by atoms with Crippen molar-refractivity contribution in [3.63, 3.8) is 0 Å². The SMILES string of the molecule is COc1cc2sc(C(C)(C)NC(=O)Nc3ccc4c(n3)CN(C3CCC(=O)NC3=O)C4=O)nc2cc1F. The Labute approximate surface area is 214 Å². The molecular weight excluding hydrogens is 503 g/mol. The minimum atomic E-state index is -0.896. The molecule has 1 unspecified atom stereocenters. The maximum Gasteiger partial charge on any atom is 0.321 e. The highest BCUT2D eigenvalue weighted by Crippen LogP contribution is 2.34. The number of benzene rings is 1. The van der Waals surface area contributed by atoms with Crippen LogP contribution in [-0.4, -0.2) is 51.8 Å². The average Bonchev–Trinajstić information content (AvgIpc) is 3.39. The van der Waals surface area contributed by atoms with E-state index in [1.54, 1.807) is 26.0 Å². The fourth-order valence-corrected chi connectivity index (χ4v) is 5.38. The number of carbonyl (C=O) groups excluding carboxylic acids is 4. The molecule has 0 saturated carbocycles. The smallest absolute Gasteiger partial charge is 0.321 e. The van der Waals surface area contributed by atoms with Crippen molar-refractivity contribution in [1.82, 2.24) is 25.5 Å². The molecule has 13 heteroatoms. The van der Waals surface area contributed by atoms with E-state index in [9.17, 15) is 23.6 Å². The van der Waals surface area contributed by atoms with E-state index in [1.807, 2.05) is 0 Å². The van der Waals surface area contributed by atoms with Crippen molar-refractivity contribution in [1.29, 1.82) is 0 Å². The Bertz CT molecular complexity index is 1470. The summed E-state index contributed by atoms with van der Waals surface area (Å²) in [5, 5.41) is 8.33. The molecule has 5 amide bonds. The van der Waals surface area contributed by atoms with Gasteiger partial charge in [0.25, 0.3) is 5.91 Å². The highest BCUT2D eigenvalue weighted by atomic mass is 32.1. The lowest BCUT2D eigenvalue weighted by Crippen LogP contribution is -2.52. The Morgan fingerprint density at radius 1 is 1.24 bits per heavy atom. The summed E-state index contributed by atoms with van der Waals surface area (Å²) in [4.78, 5) is 59.5. The lowest BCUT2D eigenvalue weighted by Gasteiger charge is -2.29. The summed E-state index contributed by atoms with van der Waals surface area (Å²) in [7, 11) is 1.39. The van der Waals surface area contributed by atoms with E-state index in [2.05, 4.69) is 25.9 Å². The van der Waals surface area contributed by atoms with E-state index < -0.39 is 29.3 Å². The minimum absolute atomic E-state index is 0.0921. The summed E-state index contributed by atoms with van der Waals surface area (Å²) < 4.78 is 19.8. The Hall–Kier alpha value is -4.13. The molecule has 1 atom stereocenters. The topological polar surface area (TPSA) is 143 Å². The number of imide groups is 1. The number of halogens is 1. The van der Waals surface area contributed by atoms with Gasteiger partial charge < -0.3 is 15.0 Å². The number of methoxy groups -OCH3 is 1. The number of ether oxygens (including phenoxy) is 1. The molecular formula is C24H23FN6O5S. The monoisotopic (exact) mass is 526 g/mol. The van der Waals surface area contributed by atoms with E-state index in [1.165, 1.54) is 35.5 Å². The number of carbonyl (C=O) groups is 4. The molecule has 0 spiro atoms. The zero-order chi connectivity index (χ0) is 26.5. The second kappa shape index (κ2) is 9.07. The van der Waals surface area contributed by atoms with Crippen LogP contribution >= 0.6 is 11.3 Å². The number of thiazole rings is 1. The van der Waals surface area contributed by atoms with Crippen LogP contribution in [0.2, 0.25) is 0 Å². The summed E-state index contributed by atoms with van der Waals surface area (Å²) in [5.74, 6) is -1.40. The van der Waals surface area contributed by atoms with Gasteiger partial charge in [-0.2, -0.15) is 0 Å². The predicted octanol–water partition coefficient (Wildman–Crippen LogP) is 2.66. The van der Waals surface area contributed by atoms with Gasteiger partial charge in [0.15, 0.2) is 11.6 Å². The number of rotatable bonds is 5. The van der Waals surface area contributed by atoms with Crippen molar-refractivity contribution in [3.05, 3.63) is 46.3 Å². The molecule has 2 aliphatic rings. The van der Waals surface area contributed by atoms with E-state index in [0.717, 1.165) is 0 Å². The van der Waals surface area contributed by atoms with Crippen LogP contribution in [0.3, 0.4) is 0 Å². The Morgan fingerprint density at radius 3 is 2.76 bits per heavy atom. The molecule has 11 nitrogen and oxygen atoms in total. The summed E-state index contributed by atoms with van der Waals surface area (Å²) >= 11 is 1.31. The van der Waals surface area contributed by atoms with Crippen molar-refractivity contribution < 1.29 is 28.3 Å². The van der Waals surface area contributed by atoms with Gasteiger partial charge in [0.1, 0.15) is 16.9 Å². The summed E-state index contributed by atoms with van der Waals surface area (Å²) in [5.41, 5.74) is 0.327. The minimum Gasteiger partial charge on any atom is -0.494 e. The van der Waals surface area contributed by atoms with Gasteiger partial charge in [0.2, 0.25) is 11.8 Å². The van der Waals surface area contributed by atoms with Gasteiger partial charge in [0, 0.05) is 18.6 Å². The second-order valence-corrected chi connectivity index (χ2v) is 10.3. The fourth-order valence-electron chi connectivity index (χ4n) is 4.34. The molecule has 0 radical (unpaired) electrons. The maximum atomic E-state index is 14.1. The Balaban J connectivity index is 1.28. The molecule has 0 bridgehead atoms. The summed E-state index contributed by atoms with van der Waals surface area (Å²) in [6.45, 7) is 3.63. The van der Waals surface area contributed by atoms with Crippen LogP contribution < -0.4 is 20.7 Å². The van der Waals surface area contributed by atoms with Crippen molar-refractivity contribution in [3.8, 4) is 5.75 Å². The number of hydrogen-bond donors (Lipinski definition) is 3. The number of piperidine rings is 1. The second-order valence-electron chi connectivity index (χ2n) is 9.27. The molecule has 3 N–H and O–H groups in total. The molecule has 2 aliphatic heterocycles. The molecule has 37 heavy (non-hydrogen) atoms. The Morgan fingerprint density at radius 2 is 2.03 bits per heavy atom. The fraction of sp³-hybridized carbons (Fsp3) is 0.333. The maximum absolute atomic E-state index is 14.1. The highest BCUT2D eigenvalue weighted by molar-refractivity contribution is 7.18. The van der Waals surface area contributed by atoms with Crippen LogP contribution in [0.5, 0.6) is 5.75 Å². The highest BCUT2D eigenvalue weighted by Gasteiger charge is 2.40. The predicted molar refractivity (Wildman–Crippen MR) is 132 cm³/mol. The van der Waals surface area contributed by atoms with Gasteiger partial charge in [-0.25, -0.2) is 19.2 Å². The van der Waals surface area contributed by atoms with E-state index in [0.29, 0.717) is 26.5 Å². The van der Waals surface area contributed by atoms with Crippen LogP contribution in [0.15, 0.2) is 24.3 Å². The number of aromatic nitrogens is 2. The molecule has 1 fully saturated rings. The van der Waals surface area contributed by atoms with Gasteiger partial charge in [-0.1, -0.05) is 0 Å². The van der Waals surface area contributed by atoms with Crippen molar-refractivity contribution in [2.45, 2.75) is 44.8 Å². The molecule has 1 aromatic carbocycles. The standard InChI is InChI=1S/C24H23FN6O5S/c1-24(2,22-27-13-8-12(25)16(36-3)9-17(13)37-22)30-23(35)28-18-6-4-11-14(26-18)10-31(21(11)34)15-5-7-19(32)29-20(15)33/h4,6,8-9,15H,5,7,10H2,1-3H3,(H,29,32,33)(H2,26,28,30,35). The third kappa shape index (κ3) is 4.57. The lowest BCUT2D eigenvalue weighted by molar-refractivity contribution is -0.136. The van der Waals surface area contributed by atoms with Crippen LogP contribution in [0, 0.1) is 5.82 Å². The molecule has 2 aromatic heterocycles. The Kier molecular flexibility index (Phi) is 6.02. The van der Waals surface area contributed by atoms with Gasteiger partial charge in [-0.3, -0.25) is 25.0 Å². The van der Waals surface area contributed by atoms with Crippen LogP contribution in [0.4, 0.5) is 15.0 Å². The number of nitrogens with zero attached hydrogens (tertiary/aromatic N) is 3. The number of nitrogens with one attached hydrogen (secondary N) is 3. The number of urea groups is 1. The number of hydrogen-bond acceptors (Lipinski definition) is 8. The molecule has 3 aromatic rings.